The third-order valence-corrected chi connectivity index (χ3v) is 12.3. The van der Waals surface area contributed by atoms with Crippen molar-refractivity contribution in [2.75, 3.05) is 11.4 Å². The number of fused-ring (bicyclic) bond motifs is 5. The number of hydrogen-bond acceptors (Lipinski definition) is 6. The number of rotatable bonds is 6. The summed E-state index contributed by atoms with van der Waals surface area (Å²) in [4.78, 5) is 61.7. The summed E-state index contributed by atoms with van der Waals surface area (Å²) in [6.07, 6.45) is 3.00. The van der Waals surface area contributed by atoms with Crippen LogP contribution in [0.15, 0.2) is 127 Å². The highest BCUT2D eigenvalue weighted by Gasteiger charge is 2.70. The number of allylic oxidation sites excluding steroid dienone is 2. The van der Waals surface area contributed by atoms with Gasteiger partial charge < -0.3 is 10.2 Å². The van der Waals surface area contributed by atoms with Gasteiger partial charge in [-0.1, -0.05) is 102 Å². The molecule has 9 rings (SSSR count). The van der Waals surface area contributed by atoms with Gasteiger partial charge in [0.25, 0.3) is 0 Å². The minimum atomic E-state index is -1.42. The van der Waals surface area contributed by atoms with Crippen molar-refractivity contribution in [3.63, 3.8) is 0 Å². The highest BCUT2D eigenvalue weighted by atomic mass is 35.5. The van der Waals surface area contributed by atoms with Crippen LogP contribution in [0.3, 0.4) is 0 Å². The number of aromatic hydroxyl groups is 2. The van der Waals surface area contributed by atoms with Gasteiger partial charge in [0.1, 0.15) is 11.5 Å². The van der Waals surface area contributed by atoms with Gasteiger partial charge in [-0.2, -0.15) is 0 Å². The zero-order chi connectivity index (χ0) is 36.6. The first-order valence-corrected chi connectivity index (χ1v) is 18.3. The first kappa shape index (κ1) is 33.1. The quantitative estimate of drug-likeness (QED) is 0.140. The minimum Gasteiger partial charge on any atom is -0.508 e. The lowest BCUT2D eigenvalue weighted by molar-refractivity contribution is -0.140. The zero-order valence-corrected chi connectivity index (χ0v) is 29.3. The molecular formula is C44H35ClN2O6. The second kappa shape index (κ2) is 12.5. The molecule has 2 heterocycles. The number of amides is 4. The number of imide groups is 2. The molecule has 2 aliphatic carbocycles. The summed E-state index contributed by atoms with van der Waals surface area (Å²) < 4.78 is 0. The van der Waals surface area contributed by atoms with Gasteiger partial charge in [0.05, 0.1) is 28.9 Å². The molecule has 2 N–H and O–H groups in total. The van der Waals surface area contributed by atoms with E-state index in [-0.39, 0.29) is 48.1 Å². The lowest BCUT2D eigenvalue weighted by atomic mass is 9.49. The van der Waals surface area contributed by atoms with E-state index in [4.69, 9.17) is 11.6 Å². The molecule has 6 atom stereocenters. The third kappa shape index (κ3) is 4.88. The molecule has 1 saturated carbocycles. The van der Waals surface area contributed by atoms with Gasteiger partial charge in [0.15, 0.2) is 0 Å². The van der Waals surface area contributed by atoms with Crippen LogP contribution < -0.4 is 4.90 Å². The number of benzene rings is 5. The molecule has 0 radical (unpaired) electrons. The highest BCUT2D eigenvalue weighted by molar-refractivity contribution is 6.32. The number of phenols is 2. The number of nitrogens with zero attached hydrogens (tertiary/aromatic N) is 2. The highest BCUT2D eigenvalue weighted by Crippen LogP contribution is 2.65. The van der Waals surface area contributed by atoms with Crippen molar-refractivity contribution in [3.05, 3.63) is 149 Å². The van der Waals surface area contributed by atoms with Crippen molar-refractivity contribution < 1.29 is 29.4 Å². The summed E-state index contributed by atoms with van der Waals surface area (Å²) in [6.45, 7) is 0.195. The lowest BCUT2D eigenvalue weighted by Gasteiger charge is -2.51. The van der Waals surface area contributed by atoms with E-state index >= 15 is 9.59 Å². The van der Waals surface area contributed by atoms with Crippen LogP contribution in [0.4, 0.5) is 5.69 Å². The Morgan fingerprint density at radius 2 is 1.47 bits per heavy atom. The van der Waals surface area contributed by atoms with Crippen molar-refractivity contribution in [3.8, 4) is 11.5 Å². The van der Waals surface area contributed by atoms with Crippen LogP contribution in [0.2, 0.25) is 5.02 Å². The Balaban J connectivity index is 1.23. The standard InChI is InChI=1S/C44H35ClN2O6/c45-27-9-6-10-28(23-27)47-41(51)36-24-35-33(17-18-34-38(35)42(52)46(40(34)50)22-21-25-13-15-29(48)16-14-25)39(44(36,43(47)53)26-7-2-1-3-8-26)32-19-20-37(49)31-12-5-4-11-30(31)32/h1-17,19-20,23,34-36,38-39,48-49H,18,21-22,24H2/t34-,35+,36-,38-,39-,44+/m0/s1. The van der Waals surface area contributed by atoms with Crippen LogP contribution in [-0.4, -0.2) is 45.3 Å². The molecule has 5 aromatic carbocycles. The molecule has 2 saturated heterocycles. The molecule has 5 aromatic rings. The van der Waals surface area contributed by atoms with Crippen molar-refractivity contribution in [2.24, 2.45) is 23.7 Å². The number of halogens is 1. The van der Waals surface area contributed by atoms with Crippen molar-refractivity contribution in [2.45, 2.75) is 30.6 Å². The fraction of sp³-hybridized carbons (Fsp3) is 0.227. The summed E-state index contributed by atoms with van der Waals surface area (Å²) in [7, 11) is 0. The fourth-order valence-electron chi connectivity index (χ4n) is 9.84. The number of hydrogen-bond donors (Lipinski definition) is 2. The van der Waals surface area contributed by atoms with Gasteiger partial charge in [-0.3, -0.25) is 24.1 Å². The molecule has 264 valence electrons. The molecule has 0 aromatic heterocycles. The molecule has 2 aliphatic heterocycles. The van der Waals surface area contributed by atoms with Crippen LogP contribution in [0.25, 0.3) is 10.8 Å². The molecule has 0 bridgehead atoms. The number of likely N-dealkylation sites (tertiary alicyclic amines) is 1. The molecule has 0 spiro atoms. The van der Waals surface area contributed by atoms with Crippen LogP contribution in [0.1, 0.15) is 35.4 Å². The van der Waals surface area contributed by atoms with Gasteiger partial charge >= 0.3 is 0 Å². The molecular weight excluding hydrogens is 688 g/mol. The molecule has 3 fully saturated rings. The normalized spacial score (nSPS) is 26.4. The average Bonchev–Trinajstić information content (AvgIpc) is 3.55. The first-order chi connectivity index (χ1) is 25.7. The minimum absolute atomic E-state index is 0.0925. The summed E-state index contributed by atoms with van der Waals surface area (Å²) >= 11 is 6.44. The van der Waals surface area contributed by atoms with E-state index in [1.807, 2.05) is 66.7 Å². The van der Waals surface area contributed by atoms with Gasteiger partial charge in [-0.25, -0.2) is 4.90 Å². The Kier molecular flexibility index (Phi) is 7.78. The van der Waals surface area contributed by atoms with Crippen molar-refractivity contribution >= 4 is 51.7 Å². The monoisotopic (exact) mass is 722 g/mol. The summed E-state index contributed by atoms with van der Waals surface area (Å²) in [5.74, 6) is -4.41. The van der Waals surface area contributed by atoms with E-state index in [9.17, 15) is 19.8 Å². The maximum absolute atomic E-state index is 15.5. The molecule has 4 aliphatic rings. The maximum Gasteiger partial charge on any atom is 0.246 e. The Bertz CT molecular complexity index is 2380. The fourth-order valence-corrected chi connectivity index (χ4v) is 10.0. The van der Waals surface area contributed by atoms with E-state index < -0.39 is 35.0 Å². The average molecular weight is 723 g/mol. The summed E-state index contributed by atoms with van der Waals surface area (Å²) in [5, 5.41) is 22.5. The van der Waals surface area contributed by atoms with E-state index in [1.54, 1.807) is 54.6 Å². The zero-order valence-electron chi connectivity index (χ0n) is 28.6. The van der Waals surface area contributed by atoms with Crippen LogP contribution >= 0.6 is 11.6 Å². The SMILES string of the molecule is O=C1[C@H]2[C@H](CC=C3[C@H]2C[C@H]2C(=O)N(c4cccc(Cl)c4)C(=O)[C@@]2(c2ccccc2)[C@H]3c2ccc(O)c3ccccc23)C(=O)N1CCc1ccc(O)cc1. The number of phenolic OH excluding ortho intramolecular Hbond substituents is 2. The topological polar surface area (TPSA) is 115 Å². The molecule has 0 unspecified atom stereocenters. The molecule has 9 heteroatoms. The first-order valence-electron chi connectivity index (χ1n) is 17.9. The van der Waals surface area contributed by atoms with E-state index in [0.29, 0.717) is 34.5 Å². The summed E-state index contributed by atoms with van der Waals surface area (Å²) in [5.41, 5.74) is 2.14. The van der Waals surface area contributed by atoms with Crippen molar-refractivity contribution in [1.29, 1.82) is 0 Å². The van der Waals surface area contributed by atoms with Crippen molar-refractivity contribution in [1.82, 2.24) is 4.90 Å². The van der Waals surface area contributed by atoms with E-state index in [1.165, 1.54) is 9.80 Å². The number of carbonyl (C=O) groups is 4. The Hall–Kier alpha value is -5.73. The predicted octanol–water partition coefficient (Wildman–Crippen LogP) is 7.31. The van der Waals surface area contributed by atoms with Gasteiger partial charge in [-0.05, 0) is 83.7 Å². The Morgan fingerprint density at radius 1 is 0.736 bits per heavy atom. The summed E-state index contributed by atoms with van der Waals surface area (Å²) in [6, 6.07) is 33.8. The second-order valence-electron chi connectivity index (χ2n) is 14.6. The number of anilines is 1. The second-order valence-corrected chi connectivity index (χ2v) is 15.0. The van der Waals surface area contributed by atoms with E-state index in [2.05, 4.69) is 0 Å². The van der Waals surface area contributed by atoms with Crippen LogP contribution in [0, 0.1) is 23.7 Å². The Morgan fingerprint density at radius 3 is 2.23 bits per heavy atom. The van der Waals surface area contributed by atoms with Gasteiger partial charge in [0.2, 0.25) is 23.6 Å². The van der Waals surface area contributed by atoms with Gasteiger partial charge in [0, 0.05) is 22.9 Å². The molecule has 8 nitrogen and oxygen atoms in total. The smallest absolute Gasteiger partial charge is 0.246 e. The van der Waals surface area contributed by atoms with E-state index in [0.717, 1.165) is 22.1 Å². The molecule has 53 heavy (non-hydrogen) atoms. The Labute approximate surface area is 310 Å². The number of carbonyl (C=O) groups excluding carboxylic acids is 4. The van der Waals surface area contributed by atoms with Gasteiger partial charge in [-0.15, -0.1) is 0 Å². The largest absolute Gasteiger partial charge is 0.508 e. The predicted molar refractivity (Wildman–Crippen MR) is 200 cm³/mol. The van der Waals surface area contributed by atoms with Crippen LogP contribution in [0.5, 0.6) is 11.5 Å². The molecule has 4 amide bonds. The third-order valence-electron chi connectivity index (χ3n) is 12.1. The maximum atomic E-state index is 15.5. The lowest BCUT2D eigenvalue weighted by Crippen LogP contribution is -2.53. The van der Waals surface area contributed by atoms with Crippen LogP contribution in [-0.2, 0) is 31.0 Å².